The maximum Gasteiger partial charge on any atom is 0.271 e. The fourth-order valence-electron chi connectivity index (χ4n) is 1.94. The van der Waals surface area contributed by atoms with E-state index in [1.165, 1.54) is 6.21 Å². The third-order valence-corrected chi connectivity index (χ3v) is 3.39. The molecule has 0 bridgehead atoms. The fourth-order valence-corrected chi connectivity index (χ4v) is 1.94. The van der Waals surface area contributed by atoms with E-state index >= 15 is 0 Å². The molecule has 0 aromatic heterocycles. The molecule has 5 heteroatoms. The van der Waals surface area contributed by atoms with Crippen LogP contribution in [0.15, 0.2) is 53.6 Å². The van der Waals surface area contributed by atoms with E-state index in [0.29, 0.717) is 23.7 Å². The summed E-state index contributed by atoms with van der Waals surface area (Å²) >= 11 is 0. The number of aromatic hydroxyl groups is 1. The quantitative estimate of drug-likeness (QED) is 0.603. The van der Waals surface area contributed by atoms with E-state index in [9.17, 15) is 9.90 Å². The minimum absolute atomic E-state index is 0.110. The predicted octanol–water partition coefficient (Wildman–Crippen LogP) is 3.58. The molecule has 1 amide bonds. The number of phenolic OH excluding ortho intramolecular Hbond substituents is 1. The van der Waals surface area contributed by atoms with Crippen molar-refractivity contribution in [2.45, 2.75) is 20.3 Å². The van der Waals surface area contributed by atoms with E-state index in [0.717, 1.165) is 12.2 Å². The lowest BCUT2D eigenvalue weighted by atomic mass is 10.1. The molecule has 2 rings (SSSR count). The summed E-state index contributed by atoms with van der Waals surface area (Å²) in [6, 6.07) is 13.7. The Morgan fingerprint density at radius 2 is 1.92 bits per heavy atom. The van der Waals surface area contributed by atoms with Crippen LogP contribution >= 0.6 is 0 Å². The van der Waals surface area contributed by atoms with E-state index in [1.807, 2.05) is 0 Å². The van der Waals surface area contributed by atoms with Gasteiger partial charge in [0.05, 0.1) is 12.8 Å². The maximum absolute atomic E-state index is 12.0. The summed E-state index contributed by atoms with van der Waals surface area (Å²) < 4.78 is 5.61. The maximum atomic E-state index is 12.0. The average Bonchev–Trinajstić information content (AvgIpc) is 2.57. The summed E-state index contributed by atoms with van der Waals surface area (Å²) in [7, 11) is 0. The van der Waals surface area contributed by atoms with Gasteiger partial charge in [-0.25, -0.2) is 5.43 Å². The number of nitrogens with one attached hydrogen (secondary N) is 1. The number of nitrogens with zero attached hydrogens (tertiary/aromatic N) is 1. The summed E-state index contributed by atoms with van der Waals surface area (Å²) in [4.78, 5) is 12.0. The van der Waals surface area contributed by atoms with Gasteiger partial charge in [0, 0.05) is 11.1 Å². The van der Waals surface area contributed by atoms with Gasteiger partial charge in [0.2, 0.25) is 0 Å². The van der Waals surface area contributed by atoms with Crippen LogP contribution in [0.1, 0.15) is 36.2 Å². The Bertz CT molecular complexity index is 694. The van der Waals surface area contributed by atoms with Gasteiger partial charge in [-0.15, -0.1) is 0 Å². The number of hydrazone groups is 1. The van der Waals surface area contributed by atoms with E-state index in [1.54, 1.807) is 48.5 Å². The number of para-hydroxylation sites is 1. The molecule has 0 fully saturated rings. The highest BCUT2D eigenvalue weighted by Gasteiger charge is 2.05. The van der Waals surface area contributed by atoms with E-state index in [2.05, 4.69) is 24.4 Å². The fraction of sp³-hybridized carbons (Fsp3) is 0.263. The Labute approximate surface area is 142 Å². The molecule has 0 unspecified atom stereocenters. The molecular formula is C19H22N2O3. The van der Waals surface area contributed by atoms with Crippen molar-refractivity contribution in [2.24, 2.45) is 11.0 Å². The number of benzene rings is 2. The van der Waals surface area contributed by atoms with Gasteiger partial charge in [0.15, 0.2) is 0 Å². The van der Waals surface area contributed by atoms with Crippen LogP contribution < -0.4 is 10.2 Å². The molecular weight excluding hydrogens is 304 g/mol. The number of carbonyl (C=O) groups excluding carboxylic acids is 1. The van der Waals surface area contributed by atoms with Gasteiger partial charge < -0.3 is 9.84 Å². The normalized spacial score (nSPS) is 11.0. The first kappa shape index (κ1) is 17.5. The molecule has 2 aromatic rings. The molecule has 0 aliphatic carbocycles. The van der Waals surface area contributed by atoms with E-state index in [4.69, 9.17) is 4.74 Å². The Morgan fingerprint density at radius 1 is 1.21 bits per heavy atom. The highest BCUT2D eigenvalue weighted by molar-refractivity contribution is 5.95. The van der Waals surface area contributed by atoms with Crippen LogP contribution in [0, 0.1) is 5.92 Å². The lowest BCUT2D eigenvalue weighted by Gasteiger charge is -2.08. The highest BCUT2D eigenvalue weighted by Crippen LogP contribution is 2.14. The van der Waals surface area contributed by atoms with Gasteiger partial charge in [0.1, 0.15) is 11.5 Å². The molecule has 0 aliphatic heterocycles. The first-order valence-corrected chi connectivity index (χ1v) is 7.90. The van der Waals surface area contributed by atoms with Crippen molar-refractivity contribution in [3.63, 3.8) is 0 Å². The van der Waals surface area contributed by atoms with Crippen LogP contribution in [0.3, 0.4) is 0 Å². The Balaban J connectivity index is 1.87. The van der Waals surface area contributed by atoms with Gasteiger partial charge in [-0.05, 0) is 48.7 Å². The molecule has 0 spiro atoms. The smallest absolute Gasteiger partial charge is 0.271 e. The van der Waals surface area contributed by atoms with Gasteiger partial charge in [-0.3, -0.25) is 4.79 Å². The number of hydrogen-bond acceptors (Lipinski definition) is 4. The van der Waals surface area contributed by atoms with Gasteiger partial charge >= 0.3 is 0 Å². The number of amides is 1. The van der Waals surface area contributed by atoms with Crippen molar-refractivity contribution in [1.29, 1.82) is 0 Å². The van der Waals surface area contributed by atoms with Crippen molar-refractivity contribution >= 4 is 12.1 Å². The van der Waals surface area contributed by atoms with Gasteiger partial charge in [0.25, 0.3) is 5.91 Å². The van der Waals surface area contributed by atoms with E-state index < -0.39 is 0 Å². The third-order valence-electron chi connectivity index (χ3n) is 3.39. The molecule has 2 N–H and O–H groups in total. The number of ether oxygens (including phenoxy) is 1. The SMILES string of the molecule is CC(C)CCOc1ccc(C(=O)NN=Cc2ccccc2O)cc1. The van der Waals surface area contributed by atoms with Crippen molar-refractivity contribution in [1.82, 2.24) is 5.43 Å². The topological polar surface area (TPSA) is 70.9 Å². The zero-order valence-corrected chi connectivity index (χ0v) is 13.9. The average molecular weight is 326 g/mol. The molecule has 2 aromatic carbocycles. The number of carbonyl (C=O) groups is 1. The minimum atomic E-state index is -0.324. The molecule has 0 heterocycles. The van der Waals surface area contributed by atoms with Gasteiger partial charge in [-0.1, -0.05) is 26.0 Å². The van der Waals surface area contributed by atoms with Crippen molar-refractivity contribution in [2.75, 3.05) is 6.61 Å². The zero-order chi connectivity index (χ0) is 17.4. The standard InChI is InChI=1S/C19H22N2O3/c1-14(2)11-12-24-17-9-7-15(8-10-17)19(23)21-20-13-16-5-3-4-6-18(16)22/h3-10,13-14,22H,11-12H2,1-2H3,(H,21,23). The summed E-state index contributed by atoms with van der Waals surface area (Å²) in [5.74, 6) is 1.12. The van der Waals surface area contributed by atoms with E-state index in [-0.39, 0.29) is 11.7 Å². The molecule has 24 heavy (non-hydrogen) atoms. The van der Waals surface area contributed by atoms with Crippen LogP contribution in [0.2, 0.25) is 0 Å². The summed E-state index contributed by atoms with van der Waals surface area (Å²) in [5.41, 5.74) is 3.45. The van der Waals surface area contributed by atoms with Crippen molar-refractivity contribution < 1.29 is 14.6 Å². The lowest BCUT2D eigenvalue weighted by molar-refractivity contribution is 0.0955. The number of rotatable bonds is 7. The van der Waals surface area contributed by atoms with Gasteiger partial charge in [-0.2, -0.15) is 5.10 Å². The molecule has 0 saturated carbocycles. The summed E-state index contributed by atoms with van der Waals surface area (Å²) in [6.45, 7) is 4.95. The largest absolute Gasteiger partial charge is 0.507 e. The molecule has 0 radical (unpaired) electrons. The molecule has 126 valence electrons. The predicted molar refractivity (Wildman–Crippen MR) is 94.6 cm³/mol. The molecule has 5 nitrogen and oxygen atoms in total. The number of hydrogen-bond donors (Lipinski definition) is 2. The molecule has 0 aliphatic rings. The zero-order valence-electron chi connectivity index (χ0n) is 13.9. The van der Waals surface area contributed by atoms with Crippen LogP contribution in [-0.2, 0) is 0 Å². The van der Waals surface area contributed by atoms with Crippen molar-refractivity contribution in [3.8, 4) is 11.5 Å². The lowest BCUT2D eigenvalue weighted by Crippen LogP contribution is -2.17. The Hall–Kier alpha value is -2.82. The highest BCUT2D eigenvalue weighted by atomic mass is 16.5. The Kier molecular flexibility index (Phi) is 6.37. The van der Waals surface area contributed by atoms with Crippen LogP contribution in [0.4, 0.5) is 0 Å². The van der Waals surface area contributed by atoms with Crippen LogP contribution in [0.5, 0.6) is 11.5 Å². The molecule has 0 atom stereocenters. The monoisotopic (exact) mass is 326 g/mol. The van der Waals surface area contributed by atoms with Crippen molar-refractivity contribution in [3.05, 3.63) is 59.7 Å². The molecule has 0 saturated heterocycles. The second-order valence-electron chi connectivity index (χ2n) is 5.81. The first-order valence-electron chi connectivity index (χ1n) is 7.90. The summed E-state index contributed by atoms with van der Waals surface area (Å²) in [5, 5.41) is 13.5. The van der Waals surface area contributed by atoms with Crippen LogP contribution in [-0.4, -0.2) is 23.8 Å². The van der Waals surface area contributed by atoms with Crippen LogP contribution in [0.25, 0.3) is 0 Å². The Morgan fingerprint density at radius 3 is 2.58 bits per heavy atom. The second kappa shape index (κ2) is 8.72. The minimum Gasteiger partial charge on any atom is -0.507 e. The third kappa shape index (κ3) is 5.43. The first-order chi connectivity index (χ1) is 11.6. The second-order valence-corrected chi connectivity index (χ2v) is 5.81. The summed E-state index contributed by atoms with van der Waals surface area (Å²) in [6.07, 6.45) is 2.39. The number of phenols is 1.